The van der Waals surface area contributed by atoms with Gasteiger partial charge in [-0.25, -0.2) is 17.8 Å². The van der Waals surface area contributed by atoms with E-state index >= 15 is 0 Å². The molecule has 0 bridgehead atoms. The number of anilines is 3. The number of benzene rings is 1. The predicted molar refractivity (Wildman–Crippen MR) is 115 cm³/mol. The lowest BCUT2D eigenvalue weighted by Gasteiger charge is -2.14. The highest BCUT2D eigenvalue weighted by Crippen LogP contribution is 2.27. The van der Waals surface area contributed by atoms with Crippen LogP contribution < -0.4 is 15.4 Å². The quantitative estimate of drug-likeness (QED) is 0.531. The second-order valence-corrected chi connectivity index (χ2v) is 8.79. The number of carbonyl (C=O) groups is 1. The molecule has 0 saturated heterocycles. The fraction of sp³-hybridized carbons (Fsp3) is 0.368. The summed E-state index contributed by atoms with van der Waals surface area (Å²) in [4.78, 5) is 16.8. The van der Waals surface area contributed by atoms with Gasteiger partial charge in [0.1, 0.15) is 5.82 Å². The number of aromatic nitrogens is 1. The van der Waals surface area contributed by atoms with Gasteiger partial charge in [-0.3, -0.25) is 9.52 Å². The normalized spacial score (nSPS) is 12.3. The molecule has 1 atom stereocenters. The van der Waals surface area contributed by atoms with Crippen LogP contribution in [0, 0.1) is 5.82 Å². The van der Waals surface area contributed by atoms with Crippen LogP contribution in [0.25, 0.3) is 0 Å². The van der Waals surface area contributed by atoms with E-state index < -0.39 is 27.3 Å². The van der Waals surface area contributed by atoms with Gasteiger partial charge >= 0.3 is 0 Å². The molecule has 0 spiro atoms. The maximum Gasteiger partial charge on any atom is 0.260 e. The van der Waals surface area contributed by atoms with E-state index in [9.17, 15) is 17.6 Å². The number of hydrogen-bond acceptors (Lipinski definition) is 5. The van der Waals surface area contributed by atoms with Gasteiger partial charge in [0, 0.05) is 6.04 Å². The first-order valence-corrected chi connectivity index (χ1v) is 11.2. The SMILES string of the molecule is CCCS(=O)(=O)Nc1ccc(Cl)c(C(=O)Nc2ccc(NC(C)CC)nc2)c1F. The lowest BCUT2D eigenvalue weighted by Crippen LogP contribution is -2.20. The van der Waals surface area contributed by atoms with Crippen LogP contribution in [0.2, 0.25) is 5.02 Å². The third-order valence-electron chi connectivity index (χ3n) is 4.08. The first-order valence-electron chi connectivity index (χ1n) is 9.19. The van der Waals surface area contributed by atoms with E-state index in [1.165, 1.54) is 18.3 Å². The summed E-state index contributed by atoms with van der Waals surface area (Å²) in [6, 6.07) is 6.00. The van der Waals surface area contributed by atoms with E-state index in [0.717, 1.165) is 6.42 Å². The molecule has 0 aliphatic rings. The van der Waals surface area contributed by atoms with Crippen molar-refractivity contribution in [3.63, 3.8) is 0 Å². The summed E-state index contributed by atoms with van der Waals surface area (Å²) in [6.07, 6.45) is 2.73. The topological polar surface area (TPSA) is 100 Å². The Hall–Kier alpha value is -2.39. The maximum absolute atomic E-state index is 14.8. The van der Waals surface area contributed by atoms with Crippen molar-refractivity contribution >= 4 is 44.7 Å². The highest BCUT2D eigenvalue weighted by atomic mass is 35.5. The first-order chi connectivity index (χ1) is 13.7. The van der Waals surface area contributed by atoms with Gasteiger partial charge in [-0.15, -0.1) is 0 Å². The molecule has 10 heteroatoms. The van der Waals surface area contributed by atoms with E-state index in [0.29, 0.717) is 17.9 Å². The second kappa shape index (κ2) is 9.89. The molecule has 158 valence electrons. The van der Waals surface area contributed by atoms with E-state index in [1.807, 2.05) is 13.8 Å². The van der Waals surface area contributed by atoms with E-state index in [1.54, 1.807) is 19.1 Å². The molecule has 0 aliphatic heterocycles. The first kappa shape index (κ1) is 22.9. The van der Waals surface area contributed by atoms with E-state index in [2.05, 4.69) is 20.3 Å². The van der Waals surface area contributed by atoms with Crippen molar-refractivity contribution in [2.24, 2.45) is 0 Å². The van der Waals surface area contributed by atoms with Crippen LogP contribution in [0.3, 0.4) is 0 Å². The molecule has 0 aliphatic carbocycles. The summed E-state index contributed by atoms with van der Waals surface area (Å²) in [5.41, 5.74) is -0.443. The predicted octanol–water partition coefficient (Wildman–Crippen LogP) is 4.49. The largest absolute Gasteiger partial charge is 0.368 e. The second-order valence-electron chi connectivity index (χ2n) is 6.54. The summed E-state index contributed by atoms with van der Waals surface area (Å²) in [5, 5.41) is 5.57. The Morgan fingerprint density at radius 1 is 1.24 bits per heavy atom. The van der Waals surface area contributed by atoms with E-state index in [-0.39, 0.29) is 22.5 Å². The van der Waals surface area contributed by atoms with Crippen molar-refractivity contribution in [3.8, 4) is 0 Å². The zero-order valence-electron chi connectivity index (χ0n) is 16.4. The van der Waals surface area contributed by atoms with Gasteiger partial charge < -0.3 is 10.6 Å². The minimum atomic E-state index is -3.72. The Kier molecular flexibility index (Phi) is 7.80. The number of sulfonamides is 1. The van der Waals surface area contributed by atoms with Gasteiger partial charge in [0.05, 0.1) is 33.9 Å². The highest BCUT2D eigenvalue weighted by Gasteiger charge is 2.22. The molecule has 0 saturated carbocycles. The molecule has 1 aromatic heterocycles. The molecule has 7 nitrogen and oxygen atoms in total. The van der Waals surface area contributed by atoms with Crippen molar-refractivity contribution < 1.29 is 17.6 Å². The Morgan fingerprint density at radius 3 is 2.55 bits per heavy atom. The summed E-state index contributed by atoms with van der Waals surface area (Å²) in [6.45, 7) is 5.75. The summed E-state index contributed by atoms with van der Waals surface area (Å²) in [7, 11) is -3.72. The number of hydrogen-bond donors (Lipinski definition) is 3. The van der Waals surface area contributed by atoms with Crippen molar-refractivity contribution in [1.82, 2.24) is 4.98 Å². The Morgan fingerprint density at radius 2 is 1.97 bits per heavy atom. The molecular weight excluding hydrogens is 419 g/mol. The molecule has 1 unspecified atom stereocenters. The number of carbonyl (C=O) groups excluding carboxylic acids is 1. The Bertz CT molecular complexity index is 968. The molecule has 3 N–H and O–H groups in total. The maximum atomic E-state index is 14.8. The van der Waals surface area contributed by atoms with Crippen molar-refractivity contribution in [2.75, 3.05) is 21.1 Å². The van der Waals surface area contributed by atoms with Crippen LogP contribution in [-0.2, 0) is 10.0 Å². The van der Waals surface area contributed by atoms with Gasteiger partial charge in [0.2, 0.25) is 10.0 Å². The fourth-order valence-corrected chi connectivity index (χ4v) is 3.79. The number of amides is 1. The molecule has 1 heterocycles. The third-order valence-corrected chi connectivity index (χ3v) is 5.88. The standard InChI is InChI=1S/C19H24ClFN4O3S/c1-4-10-29(27,28)25-15-8-7-14(20)17(18(15)21)19(26)24-13-6-9-16(22-11-13)23-12(3)5-2/h6-9,11-12,25H,4-5,10H2,1-3H3,(H,22,23)(H,24,26). The van der Waals surface area contributed by atoms with Gasteiger partial charge in [-0.2, -0.15) is 0 Å². The minimum Gasteiger partial charge on any atom is -0.368 e. The molecule has 1 amide bonds. The number of rotatable bonds is 9. The smallest absolute Gasteiger partial charge is 0.260 e. The monoisotopic (exact) mass is 442 g/mol. The number of nitrogens with zero attached hydrogens (tertiary/aromatic N) is 1. The zero-order valence-corrected chi connectivity index (χ0v) is 18.0. The Balaban J connectivity index is 2.21. The fourth-order valence-electron chi connectivity index (χ4n) is 2.43. The molecule has 2 aromatic rings. The van der Waals surface area contributed by atoms with Crippen LogP contribution in [0.1, 0.15) is 44.0 Å². The van der Waals surface area contributed by atoms with Crippen molar-refractivity contribution in [3.05, 3.63) is 46.9 Å². The third kappa shape index (κ3) is 6.30. The van der Waals surface area contributed by atoms with Gasteiger partial charge in [0.25, 0.3) is 5.91 Å². The highest BCUT2D eigenvalue weighted by molar-refractivity contribution is 7.92. The lowest BCUT2D eigenvalue weighted by atomic mass is 10.1. The van der Waals surface area contributed by atoms with Crippen LogP contribution >= 0.6 is 11.6 Å². The van der Waals surface area contributed by atoms with Crippen LogP contribution in [0.15, 0.2) is 30.5 Å². The van der Waals surface area contributed by atoms with Crippen LogP contribution in [0.4, 0.5) is 21.6 Å². The summed E-state index contributed by atoms with van der Waals surface area (Å²) >= 11 is 5.99. The summed E-state index contributed by atoms with van der Waals surface area (Å²) in [5.74, 6) is -1.38. The number of pyridine rings is 1. The van der Waals surface area contributed by atoms with E-state index in [4.69, 9.17) is 11.6 Å². The van der Waals surface area contributed by atoms with Crippen molar-refractivity contribution in [1.29, 1.82) is 0 Å². The molecule has 0 fully saturated rings. The molecule has 0 radical (unpaired) electrons. The average molecular weight is 443 g/mol. The average Bonchev–Trinajstić information content (AvgIpc) is 2.65. The molecule has 2 rings (SSSR count). The van der Waals surface area contributed by atoms with Crippen molar-refractivity contribution in [2.45, 2.75) is 39.7 Å². The number of nitrogens with one attached hydrogen (secondary N) is 3. The summed E-state index contributed by atoms with van der Waals surface area (Å²) < 4.78 is 40.8. The van der Waals surface area contributed by atoms with Gasteiger partial charge in [-0.05, 0) is 44.0 Å². The zero-order chi connectivity index (χ0) is 21.6. The number of halogens is 2. The molecular formula is C19H24ClFN4O3S. The van der Waals surface area contributed by atoms with Crippen LogP contribution in [0.5, 0.6) is 0 Å². The minimum absolute atomic E-state index is 0.138. The van der Waals surface area contributed by atoms with Crippen LogP contribution in [-0.4, -0.2) is 31.1 Å². The van der Waals surface area contributed by atoms with Gasteiger partial charge in [0.15, 0.2) is 5.82 Å². The Labute approximate surface area is 175 Å². The molecule has 1 aromatic carbocycles. The van der Waals surface area contributed by atoms with Gasteiger partial charge in [-0.1, -0.05) is 25.4 Å². The lowest BCUT2D eigenvalue weighted by molar-refractivity contribution is 0.102. The molecule has 29 heavy (non-hydrogen) atoms.